The zero-order valence-corrected chi connectivity index (χ0v) is 9.71. The quantitative estimate of drug-likeness (QED) is 0.649. The van der Waals surface area contributed by atoms with E-state index in [4.69, 9.17) is 33.0 Å². The van der Waals surface area contributed by atoms with Crippen molar-refractivity contribution in [2.45, 2.75) is 6.92 Å². The third kappa shape index (κ3) is 2.81. The third-order valence-corrected chi connectivity index (χ3v) is 2.38. The molecule has 0 atom stereocenters. The van der Waals surface area contributed by atoms with Gasteiger partial charge in [0.05, 0.1) is 10.6 Å². The van der Waals surface area contributed by atoms with Crippen molar-refractivity contribution in [1.29, 1.82) is 0 Å². The summed E-state index contributed by atoms with van der Waals surface area (Å²) in [6.45, 7) is 1.35. The summed E-state index contributed by atoms with van der Waals surface area (Å²) in [4.78, 5) is 10.5. The highest BCUT2D eigenvalue weighted by Gasteiger charge is 2.11. The van der Waals surface area contributed by atoms with E-state index in [2.05, 4.69) is 0 Å². The van der Waals surface area contributed by atoms with Gasteiger partial charge >= 0.3 is 5.97 Å². The van der Waals surface area contributed by atoms with Crippen molar-refractivity contribution >= 4 is 29.2 Å². The van der Waals surface area contributed by atoms with Crippen LogP contribution < -0.4 is 4.74 Å². The van der Waals surface area contributed by atoms with Crippen molar-refractivity contribution in [1.82, 2.24) is 0 Å². The number of halogens is 2. The van der Waals surface area contributed by atoms with E-state index < -0.39 is 5.97 Å². The fourth-order valence-corrected chi connectivity index (χ4v) is 1.29. The molecule has 0 unspecified atom stereocenters. The first-order chi connectivity index (χ1) is 7.43. The summed E-state index contributed by atoms with van der Waals surface area (Å²) < 4.78 is 5.00. The number of benzene rings is 1. The van der Waals surface area contributed by atoms with Gasteiger partial charge < -0.3 is 14.9 Å². The van der Waals surface area contributed by atoms with Gasteiger partial charge in [-0.15, -0.1) is 0 Å². The molecule has 0 aromatic heterocycles. The number of carboxylic acid groups (broad SMARTS) is 1. The Kier molecular flexibility index (Phi) is 4.04. The van der Waals surface area contributed by atoms with Crippen LogP contribution in [-0.2, 0) is 4.79 Å². The number of phenolic OH excluding ortho intramolecular Hbond substituents is 1. The van der Waals surface area contributed by atoms with E-state index >= 15 is 0 Å². The average Bonchev–Trinajstić information content (AvgIpc) is 2.23. The zero-order chi connectivity index (χ0) is 12.3. The Morgan fingerprint density at radius 1 is 1.44 bits per heavy atom. The molecule has 0 radical (unpaired) electrons. The Hall–Kier alpha value is -1.39. The van der Waals surface area contributed by atoms with Gasteiger partial charge in [0.1, 0.15) is 17.0 Å². The minimum absolute atomic E-state index is 0.0175. The zero-order valence-electron chi connectivity index (χ0n) is 8.20. The van der Waals surface area contributed by atoms with Crippen LogP contribution in [0.5, 0.6) is 11.5 Å². The maximum absolute atomic E-state index is 10.5. The van der Waals surface area contributed by atoms with Gasteiger partial charge in [0.25, 0.3) is 0 Å². The number of carboxylic acids is 1. The van der Waals surface area contributed by atoms with Crippen LogP contribution in [0.25, 0.3) is 0 Å². The van der Waals surface area contributed by atoms with Gasteiger partial charge in [-0.2, -0.15) is 0 Å². The molecule has 86 valence electrons. The molecule has 0 bridgehead atoms. The van der Waals surface area contributed by atoms with Crippen molar-refractivity contribution in [3.63, 3.8) is 0 Å². The largest absolute Gasteiger partial charge is 0.506 e. The molecule has 1 rings (SSSR count). The van der Waals surface area contributed by atoms with E-state index in [0.29, 0.717) is 0 Å². The highest BCUT2D eigenvalue weighted by atomic mass is 35.5. The smallest absolute Gasteiger partial charge is 0.334 e. The van der Waals surface area contributed by atoms with Crippen LogP contribution in [0.2, 0.25) is 10.0 Å². The fraction of sp³-hybridized carbons (Fsp3) is 0.100. The molecule has 0 spiro atoms. The maximum Gasteiger partial charge on any atom is 0.334 e. The lowest BCUT2D eigenvalue weighted by Gasteiger charge is -2.07. The number of phenols is 1. The van der Waals surface area contributed by atoms with Crippen molar-refractivity contribution in [2.24, 2.45) is 0 Å². The van der Waals surface area contributed by atoms with E-state index in [1.807, 2.05) is 0 Å². The number of ether oxygens (including phenoxy) is 1. The van der Waals surface area contributed by atoms with Crippen LogP contribution in [-0.4, -0.2) is 16.2 Å². The molecular formula is C10H8Cl2O4. The Morgan fingerprint density at radius 3 is 2.62 bits per heavy atom. The van der Waals surface area contributed by atoms with Gasteiger partial charge in [-0.25, -0.2) is 4.79 Å². The Morgan fingerprint density at radius 2 is 2.06 bits per heavy atom. The van der Waals surface area contributed by atoms with Crippen molar-refractivity contribution in [3.05, 3.63) is 34.0 Å². The Bertz CT molecular complexity index is 454. The topological polar surface area (TPSA) is 66.8 Å². The van der Waals surface area contributed by atoms with E-state index in [9.17, 15) is 9.90 Å². The summed E-state index contributed by atoms with van der Waals surface area (Å²) in [5, 5.41) is 18.0. The Balaban J connectivity index is 3.02. The van der Waals surface area contributed by atoms with Crippen molar-refractivity contribution in [2.75, 3.05) is 0 Å². The number of hydrogen-bond acceptors (Lipinski definition) is 3. The predicted octanol–water partition coefficient (Wildman–Crippen LogP) is 3.07. The second-order valence-corrected chi connectivity index (χ2v) is 3.72. The highest BCUT2D eigenvalue weighted by molar-refractivity contribution is 6.38. The normalized spacial score (nSPS) is 11.3. The third-order valence-electron chi connectivity index (χ3n) is 1.72. The minimum atomic E-state index is -1.12. The lowest BCUT2D eigenvalue weighted by Crippen LogP contribution is -1.98. The molecule has 16 heavy (non-hydrogen) atoms. The van der Waals surface area contributed by atoms with Crippen LogP contribution in [0.1, 0.15) is 6.92 Å². The first kappa shape index (κ1) is 12.7. The van der Waals surface area contributed by atoms with Gasteiger partial charge in [0.2, 0.25) is 0 Å². The number of hydrogen-bond donors (Lipinski definition) is 2. The molecule has 4 nitrogen and oxygen atoms in total. The Labute approximate surface area is 102 Å². The monoisotopic (exact) mass is 262 g/mol. The number of aliphatic carboxylic acids is 1. The maximum atomic E-state index is 10.5. The lowest BCUT2D eigenvalue weighted by atomic mass is 10.3. The van der Waals surface area contributed by atoms with Crippen LogP contribution in [0.4, 0.5) is 0 Å². The molecule has 2 N–H and O–H groups in total. The molecule has 0 amide bonds. The molecule has 0 aliphatic rings. The summed E-state index contributed by atoms with van der Waals surface area (Å²) in [5.74, 6) is -1.29. The first-order valence-electron chi connectivity index (χ1n) is 4.17. The molecule has 1 aromatic rings. The van der Waals surface area contributed by atoms with E-state index in [1.54, 1.807) is 0 Å². The molecule has 1 aromatic carbocycles. The molecule has 0 saturated heterocycles. The van der Waals surface area contributed by atoms with Gasteiger partial charge in [0, 0.05) is 0 Å². The van der Waals surface area contributed by atoms with E-state index in [-0.39, 0.29) is 27.1 Å². The number of carbonyl (C=O) groups is 1. The second-order valence-electron chi connectivity index (χ2n) is 2.93. The molecule has 0 saturated carbocycles. The van der Waals surface area contributed by atoms with Gasteiger partial charge in [-0.3, -0.25) is 0 Å². The second kappa shape index (κ2) is 5.09. The number of aromatic hydroxyl groups is 1. The van der Waals surface area contributed by atoms with Gasteiger partial charge in [0.15, 0.2) is 5.75 Å². The van der Waals surface area contributed by atoms with Crippen LogP contribution in [0, 0.1) is 0 Å². The summed E-state index contributed by atoms with van der Waals surface area (Å²) in [6, 6.07) is 2.70. The molecule has 6 heteroatoms. The fourth-order valence-electron chi connectivity index (χ4n) is 0.828. The minimum Gasteiger partial charge on any atom is -0.506 e. The summed E-state index contributed by atoms with van der Waals surface area (Å²) in [5.41, 5.74) is -0.0181. The van der Waals surface area contributed by atoms with Crippen LogP contribution in [0.15, 0.2) is 24.0 Å². The van der Waals surface area contributed by atoms with Gasteiger partial charge in [-0.1, -0.05) is 23.2 Å². The molecule has 0 fully saturated rings. The lowest BCUT2D eigenvalue weighted by molar-refractivity contribution is -0.132. The molecule has 0 heterocycles. The highest BCUT2D eigenvalue weighted by Crippen LogP contribution is 2.39. The SMILES string of the molecule is CC(=COc1c(Cl)ccc(O)c1Cl)C(=O)O. The summed E-state index contributed by atoms with van der Waals surface area (Å²) in [6.07, 6.45) is 0.995. The van der Waals surface area contributed by atoms with E-state index in [1.165, 1.54) is 19.1 Å². The van der Waals surface area contributed by atoms with Crippen molar-refractivity contribution in [3.8, 4) is 11.5 Å². The standard InChI is InChI=1S/C10H8Cl2O4/c1-5(10(14)15)4-16-9-6(11)2-3-7(13)8(9)12/h2-4,13H,1H3,(H,14,15). The summed E-state index contributed by atoms with van der Waals surface area (Å²) >= 11 is 11.5. The molecule has 0 aliphatic heterocycles. The van der Waals surface area contributed by atoms with Gasteiger partial charge in [-0.05, 0) is 19.1 Å². The van der Waals surface area contributed by atoms with E-state index in [0.717, 1.165) is 6.26 Å². The van der Waals surface area contributed by atoms with Crippen molar-refractivity contribution < 1.29 is 19.7 Å². The molecular weight excluding hydrogens is 255 g/mol. The summed E-state index contributed by atoms with van der Waals surface area (Å²) in [7, 11) is 0. The predicted molar refractivity (Wildman–Crippen MR) is 60.1 cm³/mol. The first-order valence-corrected chi connectivity index (χ1v) is 4.92. The molecule has 0 aliphatic carbocycles. The van der Waals surface area contributed by atoms with Crippen LogP contribution in [0.3, 0.4) is 0 Å². The number of rotatable bonds is 3. The van der Waals surface area contributed by atoms with Crippen LogP contribution >= 0.6 is 23.2 Å². The average molecular weight is 263 g/mol.